The molecule has 0 spiro atoms. The van der Waals surface area contributed by atoms with Crippen LogP contribution in [-0.2, 0) is 16.1 Å². The van der Waals surface area contributed by atoms with Crippen molar-refractivity contribution in [2.75, 3.05) is 19.8 Å². The zero-order valence-corrected chi connectivity index (χ0v) is 21.3. The molecule has 0 fully saturated rings. The van der Waals surface area contributed by atoms with Gasteiger partial charge in [0.2, 0.25) is 0 Å². The predicted molar refractivity (Wildman–Crippen MR) is 132 cm³/mol. The van der Waals surface area contributed by atoms with Gasteiger partial charge in [-0.25, -0.2) is 0 Å². The smallest absolute Gasteiger partial charge is 0.139 e. The maximum Gasteiger partial charge on any atom is 0.139 e. The van der Waals surface area contributed by atoms with E-state index in [4.69, 9.17) is 14.0 Å². The van der Waals surface area contributed by atoms with Gasteiger partial charge in [-0.1, -0.05) is 108 Å². The molecule has 0 saturated carbocycles. The first kappa shape index (κ1) is 29.1. The SMILES string of the molecule is CCCCCCCCCCCCCCCCCCOC(CO)COCc1c(C)noc1C. The Morgan fingerprint density at radius 3 is 1.72 bits per heavy atom. The molecule has 1 N–H and O–H groups in total. The van der Waals surface area contributed by atoms with Crippen LogP contribution in [0.3, 0.4) is 0 Å². The molecule has 5 heteroatoms. The molecule has 1 unspecified atom stereocenters. The highest BCUT2D eigenvalue weighted by Gasteiger charge is 2.12. The molecule has 1 atom stereocenters. The first-order valence-corrected chi connectivity index (χ1v) is 13.4. The number of hydrogen-bond acceptors (Lipinski definition) is 5. The Bertz CT molecular complexity index is 512. The molecule has 0 bridgehead atoms. The van der Waals surface area contributed by atoms with E-state index in [0.717, 1.165) is 23.4 Å². The third kappa shape index (κ3) is 15.0. The van der Waals surface area contributed by atoms with Crippen LogP contribution >= 0.6 is 0 Å². The van der Waals surface area contributed by atoms with E-state index in [-0.39, 0.29) is 12.7 Å². The second-order valence-corrected chi connectivity index (χ2v) is 9.30. The van der Waals surface area contributed by atoms with Crippen molar-refractivity contribution in [2.24, 2.45) is 0 Å². The number of aliphatic hydroxyl groups excluding tert-OH is 1. The third-order valence-electron chi connectivity index (χ3n) is 6.29. The summed E-state index contributed by atoms with van der Waals surface area (Å²) < 4.78 is 16.6. The number of aryl methyl sites for hydroxylation is 2. The van der Waals surface area contributed by atoms with Crippen LogP contribution in [0.4, 0.5) is 0 Å². The molecule has 1 aromatic rings. The van der Waals surface area contributed by atoms with Gasteiger partial charge in [-0.2, -0.15) is 0 Å². The summed E-state index contributed by atoms with van der Waals surface area (Å²) in [7, 11) is 0. The summed E-state index contributed by atoms with van der Waals surface area (Å²) in [5.74, 6) is 0.789. The standard InChI is InChI=1S/C27H51NO4/c1-4-5-6-7-8-9-10-11-12-13-14-15-16-17-18-19-20-31-26(21-29)22-30-23-27-24(2)28-32-25(27)3/h26,29H,4-23H2,1-3H3. The van der Waals surface area contributed by atoms with E-state index < -0.39 is 0 Å². The monoisotopic (exact) mass is 453 g/mol. The molecule has 1 rings (SSSR count). The fraction of sp³-hybridized carbons (Fsp3) is 0.889. The van der Waals surface area contributed by atoms with Crippen molar-refractivity contribution >= 4 is 0 Å². The first-order chi connectivity index (χ1) is 15.7. The lowest BCUT2D eigenvalue weighted by Crippen LogP contribution is -2.24. The number of ether oxygens (including phenoxy) is 2. The Balaban J connectivity index is 1.83. The second-order valence-electron chi connectivity index (χ2n) is 9.30. The van der Waals surface area contributed by atoms with Crippen molar-refractivity contribution in [3.05, 3.63) is 17.0 Å². The van der Waals surface area contributed by atoms with Gasteiger partial charge in [0.15, 0.2) is 0 Å². The molecule has 0 aliphatic heterocycles. The lowest BCUT2D eigenvalue weighted by Gasteiger charge is -2.15. The van der Waals surface area contributed by atoms with Crippen LogP contribution < -0.4 is 0 Å². The van der Waals surface area contributed by atoms with Crippen molar-refractivity contribution in [1.29, 1.82) is 0 Å². The van der Waals surface area contributed by atoms with E-state index in [2.05, 4.69) is 12.1 Å². The topological polar surface area (TPSA) is 64.7 Å². The largest absolute Gasteiger partial charge is 0.394 e. The van der Waals surface area contributed by atoms with Crippen LogP contribution in [0.15, 0.2) is 4.52 Å². The van der Waals surface area contributed by atoms with Crippen LogP contribution in [0.5, 0.6) is 0 Å². The summed E-state index contributed by atoms with van der Waals surface area (Å²) in [5, 5.41) is 13.4. The zero-order valence-electron chi connectivity index (χ0n) is 21.3. The van der Waals surface area contributed by atoms with E-state index in [1.807, 2.05) is 13.8 Å². The Kier molecular flexibility index (Phi) is 18.8. The fourth-order valence-electron chi connectivity index (χ4n) is 4.05. The quantitative estimate of drug-likeness (QED) is 0.174. The lowest BCUT2D eigenvalue weighted by atomic mass is 10.0. The molecule has 1 aromatic heterocycles. The molecule has 0 aliphatic rings. The fourth-order valence-corrected chi connectivity index (χ4v) is 4.05. The van der Waals surface area contributed by atoms with Gasteiger partial charge in [0.05, 0.1) is 25.5 Å². The number of hydrogen-bond donors (Lipinski definition) is 1. The maximum atomic E-state index is 9.49. The Hall–Kier alpha value is -0.910. The Labute approximate surface area is 197 Å². The highest BCUT2D eigenvalue weighted by atomic mass is 16.5. The van der Waals surface area contributed by atoms with Crippen LogP contribution in [0.1, 0.15) is 127 Å². The number of rotatable bonds is 23. The van der Waals surface area contributed by atoms with Gasteiger partial charge in [0.25, 0.3) is 0 Å². The summed E-state index contributed by atoms with van der Waals surface area (Å²) in [5.41, 5.74) is 1.84. The van der Waals surface area contributed by atoms with Crippen molar-refractivity contribution in [2.45, 2.75) is 136 Å². The van der Waals surface area contributed by atoms with E-state index in [0.29, 0.717) is 19.8 Å². The Morgan fingerprint density at radius 1 is 0.781 bits per heavy atom. The minimum absolute atomic E-state index is 0.0134. The molecule has 1 heterocycles. The zero-order chi connectivity index (χ0) is 23.3. The molecular weight excluding hydrogens is 402 g/mol. The molecule has 0 amide bonds. The highest BCUT2D eigenvalue weighted by Crippen LogP contribution is 2.15. The van der Waals surface area contributed by atoms with Crippen LogP contribution in [0.25, 0.3) is 0 Å². The predicted octanol–water partition coefficient (Wildman–Crippen LogP) is 7.45. The lowest BCUT2D eigenvalue weighted by molar-refractivity contribution is -0.0475. The minimum Gasteiger partial charge on any atom is -0.394 e. The second kappa shape index (κ2) is 20.7. The summed E-state index contributed by atoms with van der Waals surface area (Å²) in [6.45, 7) is 7.59. The van der Waals surface area contributed by atoms with Crippen molar-refractivity contribution < 1.29 is 19.1 Å². The average molecular weight is 454 g/mol. The number of nitrogens with zero attached hydrogens (tertiary/aromatic N) is 1. The first-order valence-electron chi connectivity index (χ1n) is 13.4. The molecule has 0 saturated heterocycles. The molecule has 0 aromatic carbocycles. The average Bonchev–Trinajstić information content (AvgIpc) is 3.12. The van der Waals surface area contributed by atoms with Gasteiger partial charge in [0.1, 0.15) is 11.9 Å². The molecule has 0 aliphatic carbocycles. The third-order valence-corrected chi connectivity index (χ3v) is 6.29. The van der Waals surface area contributed by atoms with Gasteiger partial charge >= 0.3 is 0 Å². The van der Waals surface area contributed by atoms with Crippen molar-refractivity contribution in [3.8, 4) is 0 Å². The van der Waals surface area contributed by atoms with Gasteiger partial charge in [-0.3, -0.25) is 0 Å². The molecule has 5 nitrogen and oxygen atoms in total. The van der Waals surface area contributed by atoms with E-state index in [1.54, 1.807) is 0 Å². The van der Waals surface area contributed by atoms with E-state index in [1.165, 1.54) is 96.3 Å². The van der Waals surface area contributed by atoms with Crippen molar-refractivity contribution in [1.82, 2.24) is 5.16 Å². The van der Waals surface area contributed by atoms with Crippen molar-refractivity contribution in [3.63, 3.8) is 0 Å². The van der Waals surface area contributed by atoms with Crippen LogP contribution in [0, 0.1) is 13.8 Å². The molecule has 32 heavy (non-hydrogen) atoms. The van der Waals surface area contributed by atoms with Gasteiger partial charge < -0.3 is 19.1 Å². The Morgan fingerprint density at radius 2 is 1.28 bits per heavy atom. The molecule has 0 radical (unpaired) electrons. The maximum absolute atomic E-state index is 9.49. The van der Waals surface area contributed by atoms with Gasteiger partial charge in [0, 0.05) is 12.2 Å². The summed E-state index contributed by atoms with van der Waals surface area (Å²) in [4.78, 5) is 0. The van der Waals surface area contributed by atoms with E-state index in [9.17, 15) is 5.11 Å². The molecule has 188 valence electrons. The van der Waals surface area contributed by atoms with Crippen LogP contribution in [0.2, 0.25) is 0 Å². The summed E-state index contributed by atoms with van der Waals surface area (Å²) in [6, 6.07) is 0. The summed E-state index contributed by atoms with van der Waals surface area (Å²) >= 11 is 0. The number of aliphatic hydroxyl groups is 1. The summed E-state index contributed by atoms with van der Waals surface area (Å²) in [6.07, 6.45) is 21.6. The number of unbranched alkanes of at least 4 members (excludes halogenated alkanes) is 15. The van der Waals surface area contributed by atoms with Gasteiger partial charge in [-0.15, -0.1) is 0 Å². The highest BCUT2D eigenvalue weighted by molar-refractivity contribution is 5.19. The van der Waals surface area contributed by atoms with Gasteiger partial charge in [-0.05, 0) is 20.3 Å². The van der Waals surface area contributed by atoms with E-state index >= 15 is 0 Å². The normalized spacial score (nSPS) is 12.5. The number of aromatic nitrogens is 1. The molecular formula is C27H51NO4. The minimum atomic E-state index is -0.258. The van der Waals surface area contributed by atoms with Crippen LogP contribution in [-0.4, -0.2) is 36.2 Å².